The molecule has 1 aliphatic heterocycles. The average Bonchev–Trinajstić information content (AvgIpc) is 2.91. The first-order chi connectivity index (χ1) is 12.1. The van der Waals surface area contributed by atoms with Crippen molar-refractivity contribution in [1.29, 1.82) is 0 Å². The summed E-state index contributed by atoms with van der Waals surface area (Å²) in [6.45, 7) is 0. The van der Waals surface area contributed by atoms with Crippen LogP contribution in [0.25, 0.3) is 0 Å². The Kier molecular flexibility index (Phi) is 4.52. The Bertz CT molecular complexity index is 793. The number of imide groups is 1. The number of esters is 1. The number of methoxy groups -OCH3 is 2. The molecule has 0 bridgehead atoms. The number of fused-ring (bicyclic) bond motifs is 1. The lowest BCUT2D eigenvalue weighted by molar-refractivity contribution is -0.145. The number of ether oxygens (including phenoxy) is 2. The van der Waals surface area contributed by atoms with Crippen molar-refractivity contribution in [2.24, 2.45) is 0 Å². The van der Waals surface area contributed by atoms with Gasteiger partial charge < -0.3 is 9.47 Å². The third-order valence-corrected chi connectivity index (χ3v) is 4.20. The van der Waals surface area contributed by atoms with E-state index < -0.39 is 23.8 Å². The lowest BCUT2D eigenvalue weighted by atomic mass is 10.0. The largest absolute Gasteiger partial charge is 0.497 e. The van der Waals surface area contributed by atoms with E-state index in [2.05, 4.69) is 0 Å². The van der Waals surface area contributed by atoms with E-state index in [0.717, 1.165) is 10.5 Å². The second kappa shape index (κ2) is 6.76. The Labute approximate surface area is 145 Å². The van der Waals surface area contributed by atoms with Crippen LogP contribution in [0, 0.1) is 0 Å². The molecule has 1 atom stereocenters. The van der Waals surface area contributed by atoms with Gasteiger partial charge in [0.15, 0.2) is 0 Å². The van der Waals surface area contributed by atoms with Crippen molar-refractivity contribution in [3.63, 3.8) is 0 Å². The first-order valence-corrected chi connectivity index (χ1v) is 7.74. The minimum atomic E-state index is -1.02. The van der Waals surface area contributed by atoms with E-state index in [1.165, 1.54) is 7.11 Å². The number of carbonyl (C=O) groups excluding carboxylic acids is 3. The molecule has 128 valence electrons. The molecule has 0 saturated carbocycles. The molecule has 0 N–H and O–H groups in total. The Morgan fingerprint density at radius 2 is 1.52 bits per heavy atom. The van der Waals surface area contributed by atoms with Crippen LogP contribution in [-0.2, 0) is 16.0 Å². The zero-order valence-electron chi connectivity index (χ0n) is 13.9. The van der Waals surface area contributed by atoms with Crippen LogP contribution in [0.2, 0.25) is 0 Å². The topological polar surface area (TPSA) is 72.9 Å². The van der Waals surface area contributed by atoms with Crippen molar-refractivity contribution in [1.82, 2.24) is 4.90 Å². The second-order valence-electron chi connectivity index (χ2n) is 5.62. The maximum absolute atomic E-state index is 12.6. The summed E-state index contributed by atoms with van der Waals surface area (Å²) in [6, 6.07) is 12.6. The predicted octanol–water partition coefficient (Wildman–Crippen LogP) is 2.08. The zero-order chi connectivity index (χ0) is 18.0. The molecule has 0 saturated heterocycles. The Balaban J connectivity index is 1.93. The minimum absolute atomic E-state index is 0.169. The molecule has 2 amide bonds. The van der Waals surface area contributed by atoms with Crippen LogP contribution >= 0.6 is 0 Å². The SMILES string of the molecule is COC(=O)[C@H](Cc1ccc(OC)cc1)N1C(=O)c2ccccc2C1=O. The van der Waals surface area contributed by atoms with Crippen LogP contribution in [0.15, 0.2) is 48.5 Å². The van der Waals surface area contributed by atoms with E-state index in [0.29, 0.717) is 16.9 Å². The van der Waals surface area contributed by atoms with E-state index in [1.807, 2.05) is 0 Å². The van der Waals surface area contributed by atoms with Crippen LogP contribution in [0.5, 0.6) is 5.75 Å². The molecule has 2 aromatic carbocycles. The highest BCUT2D eigenvalue weighted by Gasteiger charge is 2.43. The highest BCUT2D eigenvalue weighted by Crippen LogP contribution is 2.26. The van der Waals surface area contributed by atoms with Crippen LogP contribution in [0.4, 0.5) is 0 Å². The standard InChI is InChI=1S/C19H17NO5/c1-24-13-9-7-12(8-10-13)11-16(19(23)25-2)20-17(21)14-5-3-4-6-15(14)18(20)22/h3-10,16H,11H2,1-2H3/t16-/m0/s1. The van der Waals surface area contributed by atoms with Gasteiger partial charge in [-0.1, -0.05) is 24.3 Å². The molecule has 6 nitrogen and oxygen atoms in total. The van der Waals surface area contributed by atoms with E-state index in [-0.39, 0.29) is 6.42 Å². The maximum Gasteiger partial charge on any atom is 0.329 e. The molecule has 2 aromatic rings. The summed E-state index contributed by atoms with van der Waals surface area (Å²) in [4.78, 5) is 38.5. The van der Waals surface area contributed by atoms with Gasteiger partial charge in [0.25, 0.3) is 11.8 Å². The quantitative estimate of drug-likeness (QED) is 0.616. The fourth-order valence-electron chi connectivity index (χ4n) is 2.89. The summed E-state index contributed by atoms with van der Waals surface area (Å²) in [5, 5.41) is 0. The van der Waals surface area contributed by atoms with E-state index in [4.69, 9.17) is 9.47 Å². The molecular formula is C19H17NO5. The Morgan fingerprint density at radius 1 is 0.960 bits per heavy atom. The van der Waals surface area contributed by atoms with Gasteiger partial charge in [-0.15, -0.1) is 0 Å². The summed E-state index contributed by atoms with van der Waals surface area (Å²) in [5.41, 5.74) is 1.39. The number of carbonyl (C=O) groups is 3. The van der Waals surface area contributed by atoms with E-state index in [1.54, 1.807) is 55.6 Å². The first kappa shape index (κ1) is 16.7. The monoisotopic (exact) mass is 339 g/mol. The van der Waals surface area contributed by atoms with Gasteiger partial charge in [-0.3, -0.25) is 14.5 Å². The van der Waals surface area contributed by atoms with Gasteiger partial charge in [-0.25, -0.2) is 4.79 Å². The smallest absolute Gasteiger partial charge is 0.329 e. The van der Waals surface area contributed by atoms with Crippen LogP contribution < -0.4 is 4.74 Å². The van der Waals surface area contributed by atoms with Gasteiger partial charge in [0.2, 0.25) is 0 Å². The maximum atomic E-state index is 12.6. The lowest BCUT2D eigenvalue weighted by Crippen LogP contribution is -2.46. The molecule has 0 fully saturated rings. The predicted molar refractivity (Wildman–Crippen MR) is 89.4 cm³/mol. The Morgan fingerprint density at radius 3 is 2.00 bits per heavy atom. The highest BCUT2D eigenvalue weighted by atomic mass is 16.5. The highest BCUT2D eigenvalue weighted by molar-refractivity contribution is 6.22. The summed E-state index contributed by atoms with van der Waals surface area (Å²) in [6.07, 6.45) is 0.169. The van der Waals surface area contributed by atoms with Crippen LogP contribution in [0.1, 0.15) is 26.3 Å². The van der Waals surface area contributed by atoms with Crippen molar-refractivity contribution in [2.75, 3.05) is 14.2 Å². The van der Waals surface area contributed by atoms with Crippen molar-refractivity contribution in [2.45, 2.75) is 12.5 Å². The molecule has 0 aliphatic carbocycles. The van der Waals surface area contributed by atoms with Gasteiger partial charge in [-0.2, -0.15) is 0 Å². The van der Waals surface area contributed by atoms with Crippen molar-refractivity contribution < 1.29 is 23.9 Å². The third kappa shape index (κ3) is 2.98. The van der Waals surface area contributed by atoms with Crippen LogP contribution in [-0.4, -0.2) is 42.9 Å². The summed E-state index contributed by atoms with van der Waals surface area (Å²) in [7, 11) is 2.80. The number of hydrogen-bond donors (Lipinski definition) is 0. The van der Waals surface area contributed by atoms with Gasteiger partial charge in [0.05, 0.1) is 25.3 Å². The fraction of sp³-hybridized carbons (Fsp3) is 0.211. The van der Waals surface area contributed by atoms with Crippen molar-refractivity contribution in [3.8, 4) is 5.75 Å². The zero-order valence-corrected chi connectivity index (χ0v) is 13.9. The van der Waals surface area contributed by atoms with E-state index in [9.17, 15) is 14.4 Å². The van der Waals surface area contributed by atoms with E-state index >= 15 is 0 Å². The number of hydrogen-bond acceptors (Lipinski definition) is 5. The van der Waals surface area contributed by atoms with Gasteiger partial charge >= 0.3 is 5.97 Å². The molecule has 0 spiro atoms. The normalized spacial score (nSPS) is 14.2. The minimum Gasteiger partial charge on any atom is -0.497 e. The van der Waals surface area contributed by atoms with Crippen molar-refractivity contribution in [3.05, 3.63) is 65.2 Å². The summed E-state index contributed by atoms with van der Waals surface area (Å²) < 4.78 is 9.94. The fourth-order valence-corrected chi connectivity index (χ4v) is 2.89. The summed E-state index contributed by atoms with van der Waals surface area (Å²) in [5.74, 6) is -0.918. The summed E-state index contributed by atoms with van der Waals surface area (Å²) >= 11 is 0. The molecule has 25 heavy (non-hydrogen) atoms. The molecule has 6 heteroatoms. The van der Waals surface area contributed by atoms with Crippen molar-refractivity contribution >= 4 is 17.8 Å². The van der Waals surface area contributed by atoms with Gasteiger partial charge in [0.1, 0.15) is 11.8 Å². The van der Waals surface area contributed by atoms with Gasteiger partial charge in [-0.05, 0) is 29.8 Å². The number of nitrogens with zero attached hydrogens (tertiary/aromatic N) is 1. The molecule has 1 aliphatic rings. The average molecular weight is 339 g/mol. The third-order valence-electron chi connectivity index (χ3n) is 4.20. The molecule has 0 radical (unpaired) electrons. The van der Waals surface area contributed by atoms with Crippen LogP contribution in [0.3, 0.4) is 0 Å². The second-order valence-corrected chi connectivity index (χ2v) is 5.62. The molecule has 0 aromatic heterocycles. The molecule has 0 unspecified atom stereocenters. The first-order valence-electron chi connectivity index (χ1n) is 7.74. The molecule has 1 heterocycles. The molecular weight excluding hydrogens is 322 g/mol. The Hall–Kier alpha value is -3.15. The number of rotatable bonds is 5. The lowest BCUT2D eigenvalue weighted by Gasteiger charge is -2.24. The molecule has 3 rings (SSSR count). The number of benzene rings is 2. The number of amides is 2. The van der Waals surface area contributed by atoms with Gasteiger partial charge in [0, 0.05) is 6.42 Å².